The minimum absolute atomic E-state index is 0.00665. The highest BCUT2D eigenvalue weighted by molar-refractivity contribution is 6.02. The number of alkyl halides is 3. The molecule has 0 heterocycles. The van der Waals surface area contributed by atoms with Crippen LogP contribution in [-0.2, 0) is 17.5 Å². The number of allylic oxidation sites excluding steroid dienone is 2. The van der Waals surface area contributed by atoms with E-state index in [4.69, 9.17) is 5.11 Å². The van der Waals surface area contributed by atoms with E-state index in [0.29, 0.717) is 16.8 Å². The molecule has 0 radical (unpaired) electrons. The Labute approximate surface area is 235 Å². The van der Waals surface area contributed by atoms with Gasteiger partial charge >= 0.3 is 18.2 Å². The first kappa shape index (κ1) is 29.4. The summed E-state index contributed by atoms with van der Waals surface area (Å²) >= 11 is 0. The number of benzene rings is 3. The van der Waals surface area contributed by atoms with Gasteiger partial charge in [-0.05, 0) is 84.8 Å². The van der Waals surface area contributed by atoms with Gasteiger partial charge in [-0.15, -0.1) is 0 Å². The van der Waals surface area contributed by atoms with Crippen molar-refractivity contribution in [3.05, 3.63) is 101 Å². The molecule has 3 amide bonds. The van der Waals surface area contributed by atoms with Crippen molar-refractivity contribution in [2.45, 2.75) is 44.8 Å². The van der Waals surface area contributed by atoms with Crippen LogP contribution in [0.3, 0.4) is 0 Å². The summed E-state index contributed by atoms with van der Waals surface area (Å²) in [5.74, 6) is -1.45. The molecule has 3 N–H and O–H groups in total. The molecule has 0 aliphatic heterocycles. The smallest absolute Gasteiger partial charge is 0.416 e. The molecule has 3 aromatic rings. The summed E-state index contributed by atoms with van der Waals surface area (Å²) in [6.07, 6.45) is 1.75. The molecule has 10 heteroatoms. The molecule has 41 heavy (non-hydrogen) atoms. The van der Waals surface area contributed by atoms with Gasteiger partial charge in [0.2, 0.25) is 0 Å². The number of urea groups is 1. The van der Waals surface area contributed by atoms with Gasteiger partial charge in [-0.1, -0.05) is 36.4 Å². The molecule has 0 saturated heterocycles. The van der Waals surface area contributed by atoms with Gasteiger partial charge in [0.1, 0.15) is 0 Å². The molecule has 214 valence electrons. The van der Waals surface area contributed by atoms with Crippen molar-refractivity contribution in [1.82, 2.24) is 5.32 Å². The van der Waals surface area contributed by atoms with Crippen molar-refractivity contribution >= 4 is 34.9 Å². The number of amides is 3. The molecule has 4 rings (SSSR count). The zero-order valence-electron chi connectivity index (χ0n) is 22.2. The van der Waals surface area contributed by atoms with E-state index >= 15 is 0 Å². The third kappa shape index (κ3) is 8.20. The van der Waals surface area contributed by atoms with Crippen molar-refractivity contribution in [3.8, 4) is 0 Å². The molecule has 0 bridgehead atoms. The number of carbonyl (C=O) groups excluding carboxylic acids is 2. The third-order valence-corrected chi connectivity index (χ3v) is 6.71. The average Bonchev–Trinajstić information content (AvgIpc) is 2.96. The maximum Gasteiger partial charge on any atom is 0.416 e. The lowest BCUT2D eigenvalue weighted by molar-refractivity contribution is -0.138. The summed E-state index contributed by atoms with van der Waals surface area (Å²) in [6, 6.07) is 17.7. The summed E-state index contributed by atoms with van der Waals surface area (Å²) in [7, 11) is 0. The number of halogens is 3. The second-order valence-corrected chi connectivity index (χ2v) is 9.71. The van der Waals surface area contributed by atoms with Crippen molar-refractivity contribution in [3.63, 3.8) is 0 Å². The number of carboxylic acids is 1. The highest BCUT2D eigenvalue weighted by atomic mass is 19.4. The van der Waals surface area contributed by atoms with Crippen LogP contribution in [0.25, 0.3) is 5.57 Å². The number of carboxylic acid groups (broad SMARTS) is 1. The van der Waals surface area contributed by atoms with Crippen LogP contribution in [0, 0.1) is 0 Å². The fourth-order valence-electron chi connectivity index (χ4n) is 4.53. The molecule has 0 unspecified atom stereocenters. The molecule has 3 aromatic carbocycles. The van der Waals surface area contributed by atoms with Crippen molar-refractivity contribution in [1.29, 1.82) is 0 Å². The highest BCUT2D eigenvalue weighted by Gasteiger charge is 2.30. The molecule has 7 nitrogen and oxygen atoms in total. The third-order valence-electron chi connectivity index (χ3n) is 6.71. The largest absolute Gasteiger partial charge is 0.481 e. The van der Waals surface area contributed by atoms with Crippen molar-refractivity contribution < 1.29 is 32.7 Å². The number of rotatable bonds is 9. The van der Waals surface area contributed by atoms with E-state index in [2.05, 4.69) is 16.7 Å². The minimum Gasteiger partial charge on any atom is -0.481 e. The van der Waals surface area contributed by atoms with E-state index in [1.807, 2.05) is 12.1 Å². The second kappa shape index (κ2) is 13.2. The zero-order valence-corrected chi connectivity index (χ0v) is 22.2. The predicted molar refractivity (Wildman–Crippen MR) is 151 cm³/mol. The van der Waals surface area contributed by atoms with Crippen LogP contribution in [0.4, 0.5) is 29.3 Å². The number of carbonyl (C=O) groups is 3. The SMILES string of the molecule is O=C(O)CCNC(=O)c1ccc(CN(C(=O)Nc2cccc(C(F)(F)F)c2)c2ccc(C3=CCCCC3)cc2)cc1. The molecular weight excluding hydrogens is 535 g/mol. The molecule has 0 saturated carbocycles. The number of aliphatic carboxylic acids is 1. The van der Waals surface area contributed by atoms with E-state index < -0.39 is 29.6 Å². The van der Waals surface area contributed by atoms with Crippen molar-refractivity contribution in [2.75, 3.05) is 16.8 Å². The Morgan fingerprint density at radius 3 is 2.29 bits per heavy atom. The topological polar surface area (TPSA) is 98.7 Å². The van der Waals surface area contributed by atoms with Crippen LogP contribution in [0.5, 0.6) is 0 Å². The highest BCUT2D eigenvalue weighted by Crippen LogP contribution is 2.32. The van der Waals surface area contributed by atoms with E-state index in [1.54, 1.807) is 36.4 Å². The monoisotopic (exact) mass is 565 g/mol. The van der Waals surface area contributed by atoms with Crippen LogP contribution in [0.2, 0.25) is 0 Å². The van der Waals surface area contributed by atoms with Crippen molar-refractivity contribution in [2.24, 2.45) is 0 Å². The summed E-state index contributed by atoms with van der Waals surface area (Å²) in [5.41, 5.74) is 2.99. The van der Waals surface area contributed by atoms with Crippen LogP contribution in [-0.4, -0.2) is 29.6 Å². The summed E-state index contributed by atoms with van der Waals surface area (Å²) in [5, 5.41) is 13.8. The van der Waals surface area contributed by atoms with Gasteiger partial charge in [0, 0.05) is 23.5 Å². The Bertz CT molecular complexity index is 1420. The van der Waals surface area contributed by atoms with E-state index in [9.17, 15) is 27.6 Å². The predicted octanol–water partition coefficient (Wildman–Crippen LogP) is 7.11. The second-order valence-electron chi connectivity index (χ2n) is 9.71. The fraction of sp³-hybridized carbons (Fsp3) is 0.258. The number of nitrogens with zero attached hydrogens (tertiary/aromatic N) is 1. The van der Waals surface area contributed by atoms with Gasteiger partial charge in [-0.3, -0.25) is 14.5 Å². The molecule has 0 atom stereocenters. The molecular formula is C31H30F3N3O4. The molecule has 0 aromatic heterocycles. The molecule has 0 spiro atoms. The Balaban J connectivity index is 1.55. The Morgan fingerprint density at radius 2 is 1.66 bits per heavy atom. The normalized spacial score (nSPS) is 13.2. The van der Waals surface area contributed by atoms with E-state index in [1.165, 1.54) is 22.6 Å². The zero-order chi connectivity index (χ0) is 29.4. The van der Waals surface area contributed by atoms with Gasteiger partial charge in [-0.2, -0.15) is 13.2 Å². The standard InChI is InChI=1S/C31H30F3N3O4/c32-31(33,34)25-7-4-8-26(19-25)36-30(41)37(27-15-13-23(14-16-27)22-5-2-1-3-6-22)20-21-9-11-24(12-10-21)29(40)35-18-17-28(38)39/h4-5,7-16,19H,1-3,6,17-18,20H2,(H,35,40)(H,36,41)(H,38,39). The van der Waals surface area contributed by atoms with Gasteiger partial charge < -0.3 is 15.7 Å². The lowest BCUT2D eigenvalue weighted by Gasteiger charge is -2.24. The molecule has 0 fully saturated rings. The summed E-state index contributed by atoms with van der Waals surface area (Å²) in [6.45, 7) is 0.0695. The maximum absolute atomic E-state index is 13.4. The molecule has 1 aliphatic carbocycles. The first-order valence-corrected chi connectivity index (χ1v) is 13.2. The Morgan fingerprint density at radius 1 is 0.927 bits per heavy atom. The van der Waals surface area contributed by atoms with Crippen LogP contribution >= 0.6 is 0 Å². The van der Waals surface area contributed by atoms with E-state index in [-0.39, 0.29) is 25.2 Å². The van der Waals surface area contributed by atoms with Crippen LogP contribution in [0.15, 0.2) is 78.9 Å². The first-order chi connectivity index (χ1) is 19.6. The van der Waals surface area contributed by atoms with Crippen LogP contribution < -0.4 is 15.5 Å². The number of hydrogen-bond acceptors (Lipinski definition) is 3. The maximum atomic E-state index is 13.4. The van der Waals surface area contributed by atoms with Crippen LogP contribution in [0.1, 0.15) is 59.2 Å². The number of nitrogens with one attached hydrogen (secondary N) is 2. The number of anilines is 2. The Hall–Kier alpha value is -4.60. The van der Waals surface area contributed by atoms with Gasteiger partial charge in [0.25, 0.3) is 5.91 Å². The lowest BCUT2D eigenvalue weighted by Crippen LogP contribution is -2.34. The lowest BCUT2D eigenvalue weighted by atomic mass is 9.93. The first-order valence-electron chi connectivity index (χ1n) is 13.2. The average molecular weight is 566 g/mol. The van der Waals surface area contributed by atoms with Gasteiger partial charge in [0.05, 0.1) is 18.5 Å². The quantitative estimate of drug-likeness (QED) is 0.258. The van der Waals surface area contributed by atoms with E-state index in [0.717, 1.165) is 43.4 Å². The van der Waals surface area contributed by atoms with Gasteiger partial charge in [-0.25, -0.2) is 4.79 Å². The fourth-order valence-corrected chi connectivity index (χ4v) is 4.53. The summed E-state index contributed by atoms with van der Waals surface area (Å²) < 4.78 is 39.7. The minimum atomic E-state index is -4.55. The Kier molecular flexibility index (Phi) is 9.44. The van der Waals surface area contributed by atoms with Gasteiger partial charge in [0.15, 0.2) is 0 Å². The summed E-state index contributed by atoms with van der Waals surface area (Å²) in [4.78, 5) is 37.8. The molecule has 1 aliphatic rings. The number of hydrogen-bond donors (Lipinski definition) is 3.